The zero-order chi connectivity index (χ0) is 13.3. The van der Waals surface area contributed by atoms with Crippen molar-refractivity contribution in [3.63, 3.8) is 0 Å². The van der Waals surface area contributed by atoms with Crippen LogP contribution in [0.1, 0.15) is 13.8 Å². The Kier molecular flexibility index (Phi) is 3.18. The molecule has 3 aliphatic carbocycles. The van der Waals surface area contributed by atoms with Gasteiger partial charge in [0, 0.05) is 23.2 Å². The maximum absolute atomic E-state index is 2.38. The van der Waals surface area contributed by atoms with E-state index in [-0.39, 0.29) is 5.41 Å². The molecule has 0 saturated carbocycles. The molecule has 0 N–H and O–H groups in total. The Morgan fingerprint density at radius 3 is 1.05 bits per heavy atom. The van der Waals surface area contributed by atoms with Crippen LogP contribution in [0.4, 0.5) is 0 Å². The normalized spacial score (nSPS) is 22.9. The molecule has 0 nitrogen and oxygen atoms in total. The molecule has 0 saturated heterocycles. The zero-order valence-corrected chi connectivity index (χ0v) is 11.7. The number of hydrogen-bond donors (Lipinski definition) is 0. The van der Waals surface area contributed by atoms with E-state index in [1.807, 2.05) is 0 Å². The van der Waals surface area contributed by atoms with Crippen molar-refractivity contribution >= 4 is 0 Å². The van der Waals surface area contributed by atoms with Gasteiger partial charge in [0.1, 0.15) is 0 Å². The minimum absolute atomic E-state index is 0.219. The van der Waals surface area contributed by atoms with Crippen molar-refractivity contribution in [2.45, 2.75) is 13.8 Å². The number of rotatable bonds is 4. The third kappa shape index (κ3) is 1.82. The first-order chi connectivity index (χ1) is 9.26. The van der Waals surface area contributed by atoms with Crippen molar-refractivity contribution in [2.75, 3.05) is 0 Å². The van der Waals surface area contributed by atoms with Crippen LogP contribution in [0.5, 0.6) is 0 Å². The van der Waals surface area contributed by atoms with E-state index in [4.69, 9.17) is 0 Å². The molecule has 0 heterocycles. The highest BCUT2D eigenvalue weighted by Crippen LogP contribution is 2.54. The highest BCUT2D eigenvalue weighted by molar-refractivity contribution is 5.34. The standard InChI is InChI=1S/C19H22/c1-15(2)19(16-9-3-4-10-16,17-11-5-6-12-17)18-13-7-8-14-18/h3-18H,1-2H3. The monoisotopic (exact) mass is 250 g/mol. The maximum Gasteiger partial charge on any atom is 0.00290 e. The largest absolute Gasteiger partial charge is 0.0770 e. The fraction of sp³-hybridized carbons (Fsp3) is 0.368. The van der Waals surface area contributed by atoms with Gasteiger partial charge in [0.15, 0.2) is 0 Å². The van der Waals surface area contributed by atoms with Gasteiger partial charge < -0.3 is 0 Å². The van der Waals surface area contributed by atoms with Gasteiger partial charge >= 0.3 is 0 Å². The lowest BCUT2D eigenvalue weighted by Gasteiger charge is -2.48. The predicted molar refractivity (Wildman–Crippen MR) is 82.6 cm³/mol. The van der Waals surface area contributed by atoms with E-state index >= 15 is 0 Å². The van der Waals surface area contributed by atoms with Crippen molar-refractivity contribution in [3.8, 4) is 0 Å². The fourth-order valence-corrected chi connectivity index (χ4v) is 4.12. The van der Waals surface area contributed by atoms with Crippen LogP contribution in [-0.4, -0.2) is 0 Å². The lowest BCUT2D eigenvalue weighted by atomic mass is 9.54. The molecule has 3 aliphatic rings. The summed E-state index contributed by atoms with van der Waals surface area (Å²) in [7, 11) is 0. The third-order valence-electron chi connectivity index (χ3n) is 4.98. The summed E-state index contributed by atoms with van der Waals surface area (Å²) in [5.74, 6) is 2.16. The summed E-state index contributed by atoms with van der Waals surface area (Å²) in [6, 6.07) is 0. The quantitative estimate of drug-likeness (QED) is 0.668. The van der Waals surface area contributed by atoms with E-state index in [9.17, 15) is 0 Å². The molecule has 0 atom stereocenters. The van der Waals surface area contributed by atoms with Gasteiger partial charge in [-0.2, -0.15) is 0 Å². The molecule has 19 heavy (non-hydrogen) atoms. The van der Waals surface area contributed by atoms with Crippen LogP contribution in [0.2, 0.25) is 0 Å². The first kappa shape index (κ1) is 12.5. The lowest BCUT2D eigenvalue weighted by molar-refractivity contribution is 0.0758. The summed E-state index contributed by atoms with van der Waals surface area (Å²) in [4.78, 5) is 0. The van der Waals surface area contributed by atoms with Crippen LogP contribution >= 0.6 is 0 Å². The Labute approximate surface area is 116 Å². The van der Waals surface area contributed by atoms with Gasteiger partial charge in [0.25, 0.3) is 0 Å². The van der Waals surface area contributed by atoms with E-state index in [0.29, 0.717) is 23.7 Å². The predicted octanol–water partition coefficient (Wildman–Crippen LogP) is 4.86. The summed E-state index contributed by atoms with van der Waals surface area (Å²) in [6.45, 7) is 4.75. The van der Waals surface area contributed by atoms with Crippen LogP contribution in [0.15, 0.2) is 72.9 Å². The maximum atomic E-state index is 2.38. The topological polar surface area (TPSA) is 0 Å². The molecule has 0 aliphatic heterocycles. The van der Waals surface area contributed by atoms with Crippen molar-refractivity contribution in [3.05, 3.63) is 72.9 Å². The molecule has 0 heteroatoms. The molecular formula is C19H22. The molecular weight excluding hydrogens is 228 g/mol. The Hall–Kier alpha value is -1.56. The Morgan fingerprint density at radius 1 is 0.579 bits per heavy atom. The van der Waals surface area contributed by atoms with Crippen LogP contribution in [0, 0.1) is 29.1 Å². The first-order valence-electron chi connectivity index (χ1n) is 7.31. The molecule has 0 fully saturated rings. The molecule has 98 valence electrons. The number of hydrogen-bond acceptors (Lipinski definition) is 0. The summed E-state index contributed by atoms with van der Waals surface area (Å²) >= 11 is 0. The summed E-state index contributed by atoms with van der Waals surface area (Å²) in [5.41, 5.74) is 0.219. The molecule has 0 aromatic heterocycles. The van der Waals surface area contributed by atoms with Gasteiger partial charge in [0.2, 0.25) is 0 Å². The van der Waals surface area contributed by atoms with Gasteiger partial charge in [-0.1, -0.05) is 86.8 Å². The van der Waals surface area contributed by atoms with E-state index in [1.165, 1.54) is 0 Å². The van der Waals surface area contributed by atoms with Gasteiger partial charge in [-0.05, 0) is 5.92 Å². The minimum Gasteiger partial charge on any atom is -0.0770 e. The smallest absolute Gasteiger partial charge is 0.00290 e. The van der Waals surface area contributed by atoms with Crippen molar-refractivity contribution in [1.82, 2.24) is 0 Å². The molecule has 3 rings (SSSR count). The van der Waals surface area contributed by atoms with Gasteiger partial charge in [-0.3, -0.25) is 0 Å². The minimum atomic E-state index is 0.219. The Balaban J connectivity index is 2.10. The zero-order valence-electron chi connectivity index (χ0n) is 11.7. The summed E-state index contributed by atoms with van der Waals surface area (Å²) in [6.07, 6.45) is 27.5. The van der Waals surface area contributed by atoms with Crippen LogP contribution in [0.3, 0.4) is 0 Å². The van der Waals surface area contributed by atoms with Crippen molar-refractivity contribution < 1.29 is 0 Å². The molecule has 0 bridgehead atoms. The van der Waals surface area contributed by atoms with E-state index < -0.39 is 0 Å². The average molecular weight is 250 g/mol. The Morgan fingerprint density at radius 2 is 0.842 bits per heavy atom. The van der Waals surface area contributed by atoms with Crippen LogP contribution in [-0.2, 0) is 0 Å². The second-order valence-corrected chi connectivity index (χ2v) is 6.04. The SMILES string of the molecule is CC(C)C(C1C=CC=C1)(C1C=CC=C1)C1C=CC=C1. The van der Waals surface area contributed by atoms with Gasteiger partial charge in [0.05, 0.1) is 0 Å². The van der Waals surface area contributed by atoms with Crippen LogP contribution < -0.4 is 0 Å². The second-order valence-electron chi connectivity index (χ2n) is 6.04. The third-order valence-corrected chi connectivity index (χ3v) is 4.98. The molecule has 0 amide bonds. The van der Waals surface area contributed by atoms with E-state index in [2.05, 4.69) is 86.8 Å². The van der Waals surface area contributed by atoms with E-state index in [1.54, 1.807) is 0 Å². The van der Waals surface area contributed by atoms with Gasteiger partial charge in [-0.25, -0.2) is 0 Å². The van der Waals surface area contributed by atoms with Crippen molar-refractivity contribution in [1.29, 1.82) is 0 Å². The molecule has 0 aromatic carbocycles. The summed E-state index contributed by atoms with van der Waals surface area (Å²) in [5, 5.41) is 0. The Bertz CT molecular complexity index is 403. The van der Waals surface area contributed by atoms with Gasteiger partial charge in [-0.15, -0.1) is 0 Å². The van der Waals surface area contributed by atoms with Crippen LogP contribution in [0.25, 0.3) is 0 Å². The first-order valence-corrected chi connectivity index (χ1v) is 7.31. The lowest BCUT2D eigenvalue weighted by Crippen LogP contribution is -2.44. The molecule has 0 spiro atoms. The van der Waals surface area contributed by atoms with Crippen molar-refractivity contribution in [2.24, 2.45) is 29.1 Å². The summed E-state index contributed by atoms with van der Waals surface area (Å²) < 4.78 is 0. The highest BCUT2D eigenvalue weighted by atomic mass is 14.5. The fourth-order valence-electron chi connectivity index (χ4n) is 4.12. The van der Waals surface area contributed by atoms with E-state index in [0.717, 1.165) is 0 Å². The number of allylic oxidation sites excluding steroid dienone is 12. The molecule has 0 aromatic rings. The average Bonchev–Trinajstić information content (AvgIpc) is 3.15. The molecule has 0 unspecified atom stereocenters. The molecule has 0 radical (unpaired) electrons. The highest BCUT2D eigenvalue weighted by Gasteiger charge is 2.49. The second kappa shape index (κ2) is 4.85.